The van der Waals surface area contributed by atoms with Crippen LogP contribution in [-0.2, 0) is 19.2 Å². The van der Waals surface area contributed by atoms with Crippen LogP contribution in [0.5, 0.6) is 11.5 Å². The summed E-state index contributed by atoms with van der Waals surface area (Å²) in [4.78, 5) is 76.9. The van der Waals surface area contributed by atoms with Gasteiger partial charge in [0.2, 0.25) is 23.6 Å². The average Bonchev–Trinajstić information content (AvgIpc) is 3.22. The van der Waals surface area contributed by atoms with Gasteiger partial charge in [0.25, 0.3) is 0 Å². The number of hydrogen-bond donors (Lipinski definition) is 3. The van der Waals surface area contributed by atoms with Crippen LogP contribution in [0, 0.1) is 29.6 Å². The molecule has 6 atom stereocenters. The fraction of sp³-hybridized carbons (Fsp3) is 0.391. The number of carbonyl (C=O) groups is 6. The highest BCUT2D eigenvalue weighted by molar-refractivity contribution is 6.18. The molecule has 1 aromatic carbocycles. The largest absolute Gasteiger partial charge is 0.504 e. The number of carbonyl (C=O) groups excluding carboxylic acids is 6. The number of rotatable bonds is 2. The minimum Gasteiger partial charge on any atom is -0.504 e. The first-order chi connectivity index (χ1) is 16.6. The van der Waals surface area contributed by atoms with Crippen molar-refractivity contribution >= 4 is 35.7 Å². The second-order valence-corrected chi connectivity index (χ2v) is 9.12. The number of benzene rings is 1. The number of nitrogens with zero attached hydrogens (tertiary/aromatic N) is 2. The molecule has 0 unspecified atom stereocenters. The molecule has 0 aromatic heterocycles. The summed E-state index contributed by atoms with van der Waals surface area (Å²) >= 11 is 0. The van der Waals surface area contributed by atoms with Crippen LogP contribution in [-0.4, -0.2) is 57.7 Å². The predicted octanol–water partition coefficient (Wildman–Crippen LogP) is 0.194. The molecular formula is C23H22N4O8. The van der Waals surface area contributed by atoms with Gasteiger partial charge in [-0.25, -0.2) is 9.59 Å². The Morgan fingerprint density at radius 1 is 0.914 bits per heavy atom. The molecular weight excluding hydrogens is 460 g/mol. The summed E-state index contributed by atoms with van der Waals surface area (Å²) in [6.07, 6.45) is 1.80. The summed E-state index contributed by atoms with van der Waals surface area (Å²) < 4.78 is 5.21. The summed E-state index contributed by atoms with van der Waals surface area (Å²) in [5.74, 6) is -8.73. The predicted molar refractivity (Wildman–Crippen MR) is 115 cm³/mol. The molecule has 0 radical (unpaired) electrons. The number of amides is 8. The van der Waals surface area contributed by atoms with E-state index in [4.69, 9.17) is 16.2 Å². The minimum atomic E-state index is -1.22. The number of fused-ring (bicyclic) bond motifs is 4. The number of imide groups is 6. The molecule has 12 heteroatoms. The van der Waals surface area contributed by atoms with Crippen molar-refractivity contribution in [3.05, 3.63) is 35.4 Å². The second kappa shape index (κ2) is 7.65. The molecule has 2 aliphatic carbocycles. The van der Waals surface area contributed by atoms with Crippen molar-refractivity contribution in [1.29, 1.82) is 0 Å². The van der Waals surface area contributed by atoms with Crippen LogP contribution < -0.4 is 16.2 Å². The molecule has 5 rings (SSSR count). The molecule has 5 N–H and O–H groups in total. The zero-order chi connectivity index (χ0) is 25.3. The van der Waals surface area contributed by atoms with Crippen LogP contribution in [0.3, 0.4) is 0 Å². The third-order valence-corrected chi connectivity index (χ3v) is 7.67. The van der Waals surface area contributed by atoms with E-state index in [9.17, 15) is 33.9 Å². The lowest BCUT2D eigenvalue weighted by Gasteiger charge is -2.44. The Kier molecular flexibility index (Phi) is 4.93. The quantitative estimate of drug-likeness (QED) is 0.393. The molecule has 1 aromatic rings. The molecule has 12 nitrogen and oxygen atoms in total. The van der Waals surface area contributed by atoms with E-state index < -0.39 is 71.2 Å². The number of primary amides is 2. The first-order valence-corrected chi connectivity index (χ1v) is 11.0. The van der Waals surface area contributed by atoms with Gasteiger partial charge in [0, 0.05) is 11.5 Å². The van der Waals surface area contributed by atoms with Crippen molar-refractivity contribution in [1.82, 2.24) is 9.80 Å². The van der Waals surface area contributed by atoms with Crippen molar-refractivity contribution in [2.24, 2.45) is 41.1 Å². The van der Waals surface area contributed by atoms with Gasteiger partial charge in [-0.1, -0.05) is 23.8 Å². The van der Waals surface area contributed by atoms with Crippen LogP contribution in [0.15, 0.2) is 29.8 Å². The zero-order valence-electron chi connectivity index (χ0n) is 18.5. The highest BCUT2D eigenvalue weighted by Crippen LogP contribution is 2.59. The normalized spacial score (nSPS) is 31.6. The Morgan fingerprint density at radius 3 is 2.11 bits per heavy atom. The summed E-state index contributed by atoms with van der Waals surface area (Å²) in [6, 6.07) is 2.29. The third-order valence-electron chi connectivity index (χ3n) is 7.67. The van der Waals surface area contributed by atoms with Crippen molar-refractivity contribution in [3.63, 3.8) is 0 Å². The van der Waals surface area contributed by atoms with E-state index in [1.807, 2.05) is 0 Å². The molecule has 0 bridgehead atoms. The summed E-state index contributed by atoms with van der Waals surface area (Å²) in [7, 11) is 1.36. The van der Waals surface area contributed by atoms with Crippen LogP contribution in [0.1, 0.15) is 24.3 Å². The number of phenolic OH excluding ortho intramolecular Hbond substituents is 1. The van der Waals surface area contributed by atoms with Crippen LogP contribution in [0.2, 0.25) is 0 Å². The molecule has 3 fully saturated rings. The highest BCUT2D eigenvalue weighted by Gasteiger charge is 2.63. The second-order valence-electron chi connectivity index (χ2n) is 9.12. The number of allylic oxidation sites excluding steroid dienone is 2. The molecule has 2 aliphatic heterocycles. The summed E-state index contributed by atoms with van der Waals surface area (Å²) in [5.41, 5.74) is 11.4. The Morgan fingerprint density at radius 2 is 1.51 bits per heavy atom. The molecule has 2 heterocycles. The monoisotopic (exact) mass is 482 g/mol. The van der Waals surface area contributed by atoms with Crippen molar-refractivity contribution in [2.45, 2.75) is 18.8 Å². The smallest absolute Gasteiger partial charge is 0.328 e. The van der Waals surface area contributed by atoms with Gasteiger partial charge in [-0.2, -0.15) is 9.80 Å². The Bertz CT molecular complexity index is 1260. The summed E-state index contributed by atoms with van der Waals surface area (Å²) in [5, 5.41) is 10.9. The first kappa shape index (κ1) is 22.6. The fourth-order valence-electron chi connectivity index (χ4n) is 6.33. The van der Waals surface area contributed by atoms with E-state index in [-0.39, 0.29) is 29.9 Å². The highest BCUT2D eigenvalue weighted by atomic mass is 16.5. The van der Waals surface area contributed by atoms with Gasteiger partial charge in [-0.3, -0.25) is 19.2 Å². The van der Waals surface area contributed by atoms with E-state index in [2.05, 4.69) is 0 Å². The molecule has 1 saturated carbocycles. The molecule has 0 spiro atoms. The maximum absolute atomic E-state index is 13.3. The van der Waals surface area contributed by atoms with Gasteiger partial charge >= 0.3 is 12.1 Å². The van der Waals surface area contributed by atoms with Gasteiger partial charge in [0.1, 0.15) is 0 Å². The molecule has 8 amide bonds. The molecule has 4 aliphatic rings. The topological polar surface area (TPSA) is 190 Å². The molecule has 2 saturated heterocycles. The average molecular weight is 482 g/mol. The maximum Gasteiger partial charge on any atom is 0.328 e. The van der Waals surface area contributed by atoms with E-state index >= 15 is 0 Å². The van der Waals surface area contributed by atoms with Crippen LogP contribution in [0.4, 0.5) is 9.59 Å². The van der Waals surface area contributed by atoms with Gasteiger partial charge < -0.3 is 21.3 Å². The molecule has 182 valence electrons. The van der Waals surface area contributed by atoms with E-state index in [0.717, 1.165) is 0 Å². The number of hydrogen-bond acceptors (Lipinski definition) is 8. The SMILES string of the molecule is COc1cccc([C@H]2C3=CC[C@@H]4C(=O)N(C(N)=O)C(=O)[C@@H]4[C@@H]3C[C@H]3C(=O)N(C(N)=O)C(=O)[C@@H]23)c1O. The number of para-hydroxylation sites is 1. The Hall–Kier alpha value is -4.22. The Balaban J connectivity index is 1.69. The molecule has 35 heavy (non-hydrogen) atoms. The van der Waals surface area contributed by atoms with Crippen LogP contribution in [0.25, 0.3) is 0 Å². The first-order valence-electron chi connectivity index (χ1n) is 11.0. The lowest BCUT2D eigenvalue weighted by Crippen LogP contribution is -2.44. The lowest BCUT2D eigenvalue weighted by atomic mass is 9.57. The van der Waals surface area contributed by atoms with Crippen molar-refractivity contribution < 1.29 is 38.6 Å². The maximum atomic E-state index is 13.3. The number of ether oxygens (including phenoxy) is 1. The number of aromatic hydroxyl groups is 1. The summed E-state index contributed by atoms with van der Waals surface area (Å²) in [6.45, 7) is 0. The van der Waals surface area contributed by atoms with Gasteiger partial charge in [0.15, 0.2) is 11.5 Å². The third kappa shape index (κ3) is 2.92. The number of phenols is 1. The number of nitrogens with two attached hydrogens (primary N) is 2. The van der Waals surface area contributed by atoms with E-state index in [1.54, 1.807) is 18.2 Å². The van der Waals surface area contributed by atoms with Crippen LogP contribution >= 0.6 is 0 Å². The van der Waals surface area contributed by atoms with Crippen molar-refractivity contribution in [2.75, 3.05) is 7.11 Å². The van der Waals surface area contributed by atoms with E-state index in [1.165, 1.54) is 13.2 Å². The van der Waals surface area contributed by atoms with E-state index in [0.29, 0.717) is 15.4 Å². The van der Waals surface area contributed by atoms with Crippen molar-refractivity contribution in [3.8, 4) is 11.5 Å². The fourth-order valence-corrected chi connectivity index (χ4v) is 6.33. The van der Waals surface area contributed by atoms with Gasteiger partial charge in [0.05, 0.1) is 30.8 Å². The number of likely N-dealkylation sites (tertiary alicyclic amines) is 2. The number of urea groups is 2. The lowest BCUT2D eigenvalue weighted by molar-refractivity contribution is -0.138. The standard InChI is InChI=1S/C23H22N4O8/c1-35-13-4-2-3-9(17(13)28)14-8-5-6-10-15(20(31)26(18(10)29)22(24)33)11(8)7-12-16(14)21(32)27(19(12)30)23(25)34/h2-5,10-12,14-16,28H,6-7H2,1H3,(H2,24,33)(H2,25,34)/t10-,11+,12+,14+,15-,16+/m0/s1. The Labute approximate surface area is 198 Å². The number of methoxy groups -OCH3 is 1. The minimum absolute atomic E-state index is 0.0150. The zero-order valence-corrected chi connectivity index (χ0v) is 18.5. The van der Waals surface area contributed by atoms with Gasteiger partial charge in [-0.15, -0.1) is 0 Å². The van der Waals surface area contributed by atoms with Gasteiger partial charge in [-0.05, 0) is 24.8 Å².